The van der Waals surface area contributed by atoms with E-state index in [0.717, 1.165) is 17.3 Å². The minimum Gasteiger partial charge on any atom is -0.805 e. The van der Waals surface area contributed by atoms with Crippen molar-refractivity contribution >= 4 is 17.3 Å². The maximum atomic E-state index is 11.7. The molecule has 0 N–H and O–H groups in total. The van der Waals surface area contributed by atoms with E-state index in [0.29, 0.717) is 15.4 Å². The third-order valence-corrected chi connectivity index (χ3v) is 2.65. The zero-order chi connectivity index (χ0) is 11.9. The van der Waals surface area contributed by atoms with Crippen molar-refractivity contribution in [2.24, 2.45) is 0 Å². The monoisotopic (exact) mass is 218 g/mol. The van der Waals surface area contributed by atoms with Crippen molar-refractivity contribution in [3.63, 3.8) is 0 Å². The van der Waals surface area contributed by atoms with E-state index in [1.807, 2.05) is 13.8 Å². The van der Waals surface area contributed by atoms with Crippen LogP contribution < -0.4 is 4.43 Å². The van der Waals surface area contributed by atoms with Crippen LogP contribution in [0.1, 0.15) is 21.6 Å². The molecule has 82 valence electrons. The number of aromatic nitrogens is 2. The van der Waals surface area contributed by atoms with Crippen LogP contribution in [0.2, 0.25) is 0 Å². The molecule has 16 heavy (non-hydrogen) atoms. The fourth-order valence-electron chi connectivity index (χ4n) is 1.58. The molecule has 0 saturated heterocycles. The van der Waals surface area contributed by atoms with Crippen LogP contribution in [-0.4, -0.2) is 11.0 Å². The Morgan fingerprint density at radius 2 is 1.94 bits per heavy atom. The van der Waals surface area contributed by atoms with E-state index in [1.54, 1.807) is 12.1 Å². The normalized spacial score (nSPS) is 10.6. The van der Waals surface area contributed by atoms with Gasteiger partial charge in [0.05, 0.1) is 4.43 Å². The highest BCUT2D eigenvalue weighted by Gasteiger charge is 2.12. The molecular formula is C11H10N2O3. The minimum absolute atomic E-state index is 0.189. The van der Waals surface area contributed by atoms with Gasteiger partial charge in [-0.25, -0.2) is 0 Å². The average molecular weight is 218 g/mol. The highest BCUT2D eigenvalue weighted by molar-refractivity contribution is 5.80. The first-order valence-electron chi connectivity index (χ1n) is 4.76. The molecule has 0 saturated carbocycles. The van der Waals surface area contributed by atoms with Gasteiger partial charge in [0.25, 0.3) is 11.7 Å². The van der Waals surface area contributed by atoms with Crippen molar-refractivity contribution in [3.8, 4) is 0 Å². The molecule has 0 aliphatic heterocycles. The molecule has 2 aromatic rings. The summed E-state index contributed by atoms with van der Waals surface area (Å²) in [5.41, 5.74) is 2.12. The fourth-order valence-corrected chi connectivity index (χ4v) is 1.58. The number of aldehydes is 1. The van der Waals surface area contributed by atoms with Crippen molar-refractivity contribution in [2.45, 2.75) is 13.8 Å². The molecule has 0 fully saturated rings. The lowest BCUT2D eigenvalue weighted by Gasteiger charge is -2.14. The zero-order valence-corrected chi connectivity index (χ0v) is 8.93. The highest BCUT2D eigenvalue weighted by atomic mass is 16.5. The number of nitrogens with zero attached hydrogens (tertiary/aromatic N) is 2. The van der Waals surface area contributed by atoms with Crippen LogP contribution in [0.15, 0.2) is 18.3 Å². The summed E-state index contributed by atoms with van der Waals surface area (Å²) < 4.78 is 1.02. The van der Waals surface area contributed by atoms with Crippen LogP contribution in [0.4, 0.5) is 0 Å². The van der Waals surface area contributed by atoms with Crippen LogP contribution in [0.25, 0.3) is 11.0 Å². The van der Waals surface area contributed by atoms with Crippen molar-refractivity contribution in [2.75, 3.05) is 0 Å². The quantitative estimate of drug-likeness (QED) is 0.535. The molecule has 0 spiro atoms. The SMILES string of the molecule is Cc1cc2c(cc1C)[n+](=O)cc(C=O)n2[O-]. The molecular weight excluding hydrogens is 208 g/mol. The first-order valence-corrected chi connectivity index (χ1v) is 4.76. The number of hydrogen-bond donors (Lipinski definition) is 0. The first kappa shape index (κ1) is 10.4. The van der Waals surface area contributed by atoms with Gasteiger partial charge < -0.3 is 9.94 Å². The maximum absolute atomic E-state index is 11.7. The van der Waals surface area contributed by atoms with E-state index in [1.165, 1.54) is 0 Å². The van der Waals surface area contributed by atoms with Crippen molar-refractivity contribution in [1.82, 2.24) is 4.73 Å². The Morgan fingerprint density at radius 3 is 2.56 bits per heavy atom. The standard InChI is InChI=1S/C11H10N2O3/c1-7-3-10-11(4-8(7)2)13(16)9(6-14)5-12(10)15/h3-6H,1-2H3. The minimum atomic E-state index is -0.189. The van der Waals surface area contributed by atoms with E-state index in [4.69, 9.17) is 0 Å². The molecule has 1 aromatic carbocycles. The molecule has 0 unspecified atom stereocenters. The van der Waals surface area contributed by atoms with Crippen LogP contribution >= 0.6 is 0 Å². The van der Waals surface area contributed by atoms with Gasteiger partial charge in [-0.15, -0.1) is 0 Å². The Morgan fingerprint density at radius 1 is 1.31 bits per heavy atom. The number of rotatable bonds is 1. The molecule has 0 aliphatic rings. The molecule has 5 nitrogen and oxygen atoms in total. The van der Waals surface area contributed by atoms with Gasteiger partial charge in [0, 0.05) is 11.0 Å². The Balaban J connectivity index is 3.02. The number of hydrogen-bond acceptors (Lipinski definition) is 3. The Kier molecular flexibility index (Phi) is 2.23. The molecule has 0 amide bonds. The van der Waals surface area contributed by atoms with Gasteiger partial charge in [-0.05, 0) is 31.0 Å². The highest BCUT2D eigenvalue weighted by Crippen LogP contribution is 2.16. The molecule has 0 bridgehead atoms. The summed E-state index contributed by atoms with van der Waals surface area (Å²) in [5.74, 6) is 0. The van der Waals surface area contributed by atoms with Crippen LogP contribution in [0.3, 0.4) is 0 Å². The zero-order valence-electron chi connectivity index (χ0n) is 8.93. The van der Waals surface area contributed by atoms with Crippen LogP contribution in [-0.2, 0) is 0 Å². The first-order chi connectivity index (χ1) is 7.54. The lowest BCUT2D eigenvalue weighted by molar-refractivity contribution is -0.464. The van der Waals surface area contributed by atoms with E-state index in [2.05, 4.69) is 0 Å². The number of aryl methyl sites for hydroxylation is 2. The summed E-state index contributed by atoms with van der Waals surface area (Å²) >= 11 is 0. The number of benzene rings is 1. The Bertz CT molecular complexity index is 644. The van der Waals surface area contributed by atoms with Gasteiger partial charge in [0.1, 0.15) is 11.2 Å². The second kappa shape index (κ2) is 3.44. The molecule has 1 aromatic heterocycles. The van der Waals surface area contributed by atoms with Gasteiger partial charge in [0.2, 0.25) is 0 Å². The Hall–Kier alpha value is -2.17. The van der Waals surface area contributed by atoms with E-state index < -0.39 is 0 Å². The Labute approximate surface area is 91.1 Å². The summed E-state index contributed by atoms with van der Waals surface area (Å²) in [6.07, 6.45) is 1.35. The molecule has 0 atom stereocenters. The third kappa shape index (κ3) is 1.37. The predicted molar refractivity (Wildman–Crippen MR) is 58.9 cm³/mol. The lowest BCUT2D eigenvalue weighted by Crippen LogP contribution is -2.20. The van der Waals surface area contributed by atoms with E-state index in [-0.39, 0.29) is 16.7 Å². The summed E-state index contributed by atoms with van der Waals surface area (Å²) in [6, 6.07) is 3.25. The fraction of sp³-hybridized carbons (Fsp3) is 0.182. The summed E-state index contributed by atoms with van der Waals surface area (Å²) in [7, 11) is 0. The average Bonchev–Trinajstić information content (AvgIpc) is 2.26. The van der Waals surface area contributed by atoms with Gasteiger partial charge in [-0.1, -0.05) is 0 Å². The number of fused-ring (bicyclic) bond motifs is 1. The van der Waals surface area contributed by atoms with Crippen molar-refractivity contribution < 1.29 is 9.22 Å². The second-order valence-electron chi connectivity index (χ2n) is 3.72. The van der Waals surface area contributed by atoms with Crippen molar-refractivity contribution in [3.05, 3.63) is 45.3 Å². The second-order valence-corrected chi connectivity index (χ2v) is 3.72. The molecule has 0 aliphatic carbocycles. The van der Waals surface area contributed by atoms with Gasteiger partial charge >= 0.3 is 0 Å². The van der Waals surface area contributed by atoms with E-state index in [9.17, 15) is 14.9 Å². The summed E-state index contributed by atoms with van der Waals surface area (Å²) in [4.78, 5) is 22.2. The largest absolute Gasteiger partial charge is 0.805 e. The predicted octanol–water partition coefficient (Wildman–Crippen LogP) is 1.33. The third-order valence-electron chi connectivity index (χ3n) is 2.65. The van der Waals surface area contributed by atoms with Crippen LogP contribution in [0, 0.1) is 24.0 Å². The molecule has 2 rings (SSSR count). The van der Waals surface area contributed by atoms with Crippen molar-refractivity contribution in [1.29, 1.82) is 0 Å². The van der Waals surface area contributed by atoms with Gasteiger partial charge in [-0.2, -0.15) is 0 Å². The van der Waals surface area contributed by atoms with Crippen LogP contribution in [0.5, 0.6) is 0 Å². The molecule has 5 heteroatoms. The van der Waals surface area contributed by atoms with Gasteiger partial charge in [-0.3, -0.25) is 4.79 Å². The number of carbonyl (C=O) groups is 1. The van der Waals surface area contributed by atoms with E-state index >= 15 is 0 Å². The summed E-state index contributed by atoms with van der Waals surface area (Å²) in [5, 5.41) is 11.7. The maximum Gasteiger partial charge on any atom is 0.286 e. The number of carbonyl (C=O) groups excluding carboxylic acids is 1. The molecule has 0 radical (unpaired) electrons. The van der Waals surface area contributed by atoms with Gasteiger partial charge in [0.15, 0.2) is 6.29 Å². The topological polar surface area (TPSA) is 68.0 Å². The lowest BCUT2D eigenvalue weighted by atomic mass is 10.1. The summed E-state index contributed by atoms with van der Waals surface area (Å²) in [6.45, 7) is 3.70. The molecule has 1 heterocycles. The smallest absolute Gasteiger partial charge is 0.286 e.